The lowest BCUT2D eigenvalue weighted by molar-refractivity contribution is 0.616. The van der Waals surface area contributed by atoms with Crippen LogP contribution < -0.4 is 0 Å². The van der Waals surface area contributed by atoms with Gasteiger partial charge in [0.2, 0.25) is 0 Å². The average molecular weight is 511 g/mol. The Hall–Kier alpha value is -5.34. The average Bonchev–Trinajstić information content (AvgIpc) is 3.61. The molecule has 2 aromatic heterocycles. The van der Waals surface area contributed by atoms with Gasteiger partial charge in [-0.25, -0.2) is 0 Å². The van der Waals surface area contributed by atoms with Crippen LogP contribution in [0.1, 0.15) is 0 Å². The third kappa shape index (κ3) is 2.88. The van der Waals surface area contributed by atoms with Crippen molar-refractivity contribution >= 4 is 65.2 Å². The van der Waals surface area contributed by atoms with Crippen LogP contribution in [-0.4, -0.2) is 0 Å². The summed E-state index contributed by atoms with van der Waals surface area (Å²) < 4.78 is 12.5. The predicted octanol–water partition coefficient (Wildman–Crippen LogP) is 11.1. The molecule has 0 N–H and O–H groups in total. The van der Waals surface area contributed by atoms with Crippen LogP contribution in [0, 0.1) is 0 Å². The highest BCUT2D eigenvalue weighted by Gasteiger charge is 2.22. The van der Waals surface area contributed by atoms with Crippen molar-refractivity contribution in [1.29, 1.82) is 0 Å². The first kappa shape index (κ1) is 21.6. The van der Waals surface area contributed by atoms with Crippen LogP contribution >= 0.6 is 0 Å². The first-order chi connectivity index (χ1) is 19.9. The van der Waals surface area contributed by atoms with Crippen molar-refractivity contribution in [1.82, 2.24) is 0 Å². The van der Waals surface area contributed by atoms with Crippen LogP contribution in [0.4, 0.5) is 0 Å². The van der Waals surface area contributed by atoms with Gasteiger partial charge in [-0.05, 0) is 61.6 Å². The fourth-order valence-electron chi connectivity index (χ4n) is 6.68. The van der Waals surface area contributed by atoms with Gasteiger partial charge in [-0.15, -0.1) is 0 Å². The SMILES string of the molecule is c1ccc2c(-c3c4ccccc4c(-c4coc5ccc6oc7ccccc7c6c45)c4ccccc34)cccc2c1. The number of fused-ring (bicyclic) bond motifs is 8. The number of furan rings is 2. The number of hydrogen-bond acceptors (Lipinski definition) is 2. The van der Waals surface area contributed by atoms with Gasteiger partial charge >= 0.3 is 0 Å². The summed E-state index contributed by atoms with van der Waals surface area (Å²) in [4.78, 5) is 0. The largest absolute Gasteiger partial charge is 0.464 e. The molecule has 186 valence electrons. The number of hydrogen-bond donors (Lipinski definition) is 0. The fraction of sp³-hybridized carbons (Fsp3) is 0. The molecule has 0 radical (unpaired) electrons. The molecule has 0 bridgehead atoms. The minimum Gasteiger partial charge on any atom is -0.464 e. The molecule has 9 aromatic rings. The second kappa shape index (κ2) is 8.08. The molecule has 40 heavy (non-hydrogen) atoms. The Kier molecular flexibility index (Phi) is 4.36. The summed E-state index contributed by atoms with van der Waals surface area (Å²) in [6.07, 6.45) is 1.93. The highest BCUT2D eigenvalue weighted by atomic mass is 16.3. The molecule has 2 heterocycles. The Balaban J connectivity index is 1.48. The molecule has 0 aliphatic carbocycles. The van der Waals surface area contributed by atoms with E-state index in [1.54, 1.807) is 0 Å². The highest BCUT2D eigenvalue weighted by molar-refractivity contribution is 6.29. The summed E-state index contributed by atoms with van der Waals surface area (Å²) in [5.74, 6) is 0. The van der Waals surface area contributed by atoms with Gasteiger partial charge in [0.25, 0.3) is 0 Å². The van der Waals surface area contributed by atoms with Crippen molar-refractivity contribution in [3.8, 4) is 22.3 Å². The van der Waals surface area contributed by atoms with E-state index in [1.165, 1.54) is 49.0 Å². The van der Waals surface area contributed by atoms with E-state index in [4.69, 9.17) is 8.83 Å². The molecule has 7 aromatic carbocycles. The topological polar surface area (TPSA) is 26.3 Å². The van der Waals surface area contributed by atoms with Gasteiger partial charge in [-0.2, -0.15) is 0 Å². The lowest BCUT2D eigenvalue weighted by Crippen LogP contribution is -1.91. The van der Waals surface area contributed by atoms with Crippen LogP contribution in [0.25, 0.3) is 87.5 Å². The number of para-hydroxylation sites is 1. The lowest BCUT2D eigenvalue weighted by atomic mass is 9.84. The predicted molar refractivity (Wildman–Crippen MR) is 167 cm³/mol. The molecule has 0 saturated heterocycles. The van der Waals surface area contributed by atoms with E-state index >= 15 is 0 Å². The normalized spacial score (nSPS) is 12.0. The maximum Gasteiger partial charge on any atom is 0.136 e. The zero-order chi connectivity index (χ0) is 26.2. The summed E-state index contributed by atoms with van der Waals surface area (Å²) in [5, 5.41) is 10.7. The highest BCUT2D eigenvalue weighted by Crippen LogP contribution is 2.48. The molecule has 0 amide bonds. The number of benzene rings is 7. The van der Waals surface area contributed by atoms with E-state index in [9.17, 15) is 0 Å². The van der Waals surface area contributed by atoms with E-state index in [0.717, 1.165) is 38.5 Å². The van der Waals surface area contributed by atoms with E-state index in [2.05, 4.69) is 103 Å². The zero-order valence-corrected chi connectivity index (χ0v) is 21.5. The molecule has 9 rings (SSSR count). The minimum atomic E-state index is 0.861. The Morgan fingerprint density at radius 1 is 0.350 bits per heavy atom. The monoisotopic (exact) mass is 510 g/mol. The molecule has 0 unspecified atom stereocenters. The Morgan fingerprint density at radius 3 is 1.62 bits per heavy atom. The number of rotatable bonds is 2. The quantitative estimate of drug-likeness (QED) is 0.216. The molecule has 0 spiro atoms. The van der Waals surface area contributed by atoms with Gasteiger partial charge in [-0.1, -0.05) is 109 Å². The molecular weight excluding hydrogens is 488 g/mol. The molecular formula is C38H22O2. The molecule has 2 nitrogen and oxygen atoms in total. The maximum atomic E-state index is 6.27. The molecule has 0 aliphatic heterocycles. The Labute approximate surface area is 229 Å². The van der Waals surface area contributed by atoms with Gasteiger partial charge in [0.15, 0.2) is 0 Å². The maximum absolute atomic E-state index is 6.27. The summed E-state index contributed by atoms with van der Waals surface area (Å²) in [7, 11) is 0. The zero-order valence-electron chi connectivity index (χ0n) is 21.5. The molecule has 0 saturated carbocycles. The van der Waals surface area contributed by atoms with Crippen LogP contribution in [0.15, 0.2) is 142 Å². The Morgan fingerprint density at radius 2 is 0.900 bits per heavy atom. The second-order valence-corrected chi connectivity index (χ2v) is 10.4. The van der Waals surface area contributed by atoms with E-state index in [-0.39, 0.29) is 0 Å². The fourth-order valence-corrected chi connectivity index (χ4v) is 6.68. The molecule has 2 heteroatoms. The van der Waals surface area contributed by atoms with Crippen LogP contribution in [0.3, 0.4) is 0 Å². The van der Waals surface area contributed by atoms with E-state index in [0.29, 0.717) is 0 Å². The van der Waals surface area contributed by atoms with Crippen LogP contribution in [-0.2, 0) is 0 Å². The second-order valence-electron chi connectivity index (χ2n) is 10.4. The van der Waals surface area contributed by atoms with Crippen molar-refractivity contribution in [3.05, 3.63) is 134 Å². The van der Waals surface area contributed by atoms with E-state index < -0.39 is 0 Å². The van der Waals surface area contributed by atoms with Crippen LogP contribution in [0.5, 0.6) is 0 Å². The van der Waals surface area contributed by atoms with Crippen LogP contribution in [0.2, 0.25) is 0 Å². The molecule has 0 aliphatic rings. The summed E-state index contributed by atoms with van der Waals surface area (Å²) in [5.41, 5.74) is 7.40. The van der Waals surface area contributed by atoms with Gasteiger partial charge in [-0.3, -0.25) is 0 Å². The Bertz CT molecular complexity index is 2370. The first-order valence-corrected chi connectivity index (χ1v) is 13.6. The van der Waals surface area contributed by atoms with Crippen molar-refractivity contribution in [2.45, 2.75) is 0 Å². The molecule has 0 fully saturated rings. The van der Waals surface area contributed by atoms with Gasteiger partial charge < -0.3 is 8.83 Å². The van der Waals surface area contributed by atoms with Gasteiger partial charge in [0.05, 0.1) is 6.26 Å². The van der Waals surface area contributed by atoms with Gasteiger partial charge in [0.1, 0.15) is 16.7 Å². The van der Waals surface area contributed by atoms with Crippen molar-refractivity contribution < 1.29 is 8.83 Å². The summed E-state index contributed by atoms with van der Waals surface area (Å²) in [6, 6.07) is 45.1. The summed E-state index contributed by atoms with van der Waals surface area (Å²) in [6.45, 7) is 0. The third-order valence-electron chi connectivity index (χ3n) is 8.34. The standard InChI is InChI=1S/C38H22O2/c1-2-12-24-23(10-1)11-9-18-25(24)35-26-13-3-5-15-28(26)36(29-16-6-4-14-27(29)35)31-22-39-33-20-21-34-37(38(31)33)30-17-7-8-19-32(30)40-34/h1-22H. The molecule has 0 atom stereocenters. The smallest absolute Gasteiger partial charge is 0.136 e. The van der Waals surface area contributed by atoms with Crippen molar-refractivity contribution in [2.24, 2.45) is 0 Å². The van der Waals surface area contributed by atoms with E-state index in [1.807, 2.05) is 30.5 Å². The summed E-state index contributed by atoms with van der Waals surface area (Å²) >= 11 is 0. The van der Waals surface area contributed by atoms with Gasteiger partial charge in [0, 0.05) is 27.3 Å². The lowest BCUT2D eigenvalue weighted by Gasteiger charge is -2.18. The van der Waals surface area contributed by atoms with Crippen molar-refractivity contribution in [3.63, 3.8) is 0 Å². The first-order valence-electron chi connectivity index (χ1n) is 13.6. The minimum absolute atomic E-state index is 0.861. The van der Waals surface area contributed by atoms with Crippen molar-refractivity contribution in [2.75, 3.05) is 0 Å². The third-order valence-corrected chi connectivity index (χ3v) is 8.34.